The highest BCUT2D eigenvalue weighted by atomic mass is 19.4. The number of allylic oxidation sites excluding steroid dienone is 2. The van der Waals surface area contributed by atoms with Crippen LogP contribution in [0.4, 0.5) is 26.3 Å². The number of halogens is 6. The van der Waals surface area contributed by atoms with E-state index in [1.165, 1.54) is 6.92 Å². The molecule has 1 aliphatic rings. The standard InChI is InChI=1S/C12H15F6NO2/c1-7-9(21-3)4-8(11(13,14)15)5-19(7)6-10(2,20)12(16,17)18/h4-5,7,20H,6H2,1-3H3. The van der Waals surface area contributed by atoms with Crippen LogP contribution in [0.5, 0.6) is 0 Å². The van der Waals surface area contributed by atoms with E-state index in [9.17, 15) is 31.4 Å². The molecule has 0 aromatic heterocycles. The van der Waals surface area contributed by atoms with Crippen molar-refractivity contribution in [2.75, 3.05) is 13.7 Å². The van der Waals surface area contributed by atoms with Crippen LogP contribution in [0.3, 0.4) is 0 Å². The number of alkyl halides is 6. The van der Waals surface area contributed by atoms with E-state index >= 15 is 0 Å². The van der Waals surface area contributed by atoms with Crippen molar-refractivity contribution in [3.05, 3.63) is 23.6 Å². The van der Waals surface area contributed by atoms with Crippen LogP contribution in [0.1, 0.15) is 13.8 Å². The van der Waals surface area contributed by atoms with E-state index in [0.717, 1.165) is 18.1 Å². The van der Waals surface area contributed by atoms with Gasteiger partial charge >= 0.3 is 12.4 Å². The number of β-amino-alcohol motifs (C(OH)–C–C–N with tert-alkyl or cyclic N) is 1. The maximum atomic E-state index is 12.7. The Kier molecular flexibility index (Phi) is 4.57. The highest BCUT2D eigenvalue weighted by Crippen LogP contribution is 2.36. The number of hydrogen-bond acceptors (Lipinski definition) is 3. The molecular weight excluding hydrogens is 304 g/mol. The highest BCUT2D eigenvalue weighted by molar-refractivity contribution is 5.31. The van der Waals surface area contributed by atoms with E-state index in [4.69, 9.17) is 4.74 Å². The van der Waals surface area contributed by atoms with Crippen molar-refractivity contribution in [3.63, 3.8) is 0 Å². The maximum absolute atomic E-state index is 12.7. The smallest absolute Gasteiger partial charge is 0.418 e. The zero-order valence-electron chi connectivity index (χ0n) is 11.5. The van der Waals surface area contributed by atoms with E-state index in [1.807, 2.05) is 0 Å². The van der Waals surface area contributed by atoms with Gasteiger partial charge in [-0.2, -0.15) is 26.3 Å². The topological polar surface area (TPSA) is 32.7 Å². The fraction of sp³-hybridized carbons (Fsp3) is 0.667. The first-order valence-corrected chi connectivity index (χ1v) is 5.89. The van der Waals surface area contributed by atoms with Crippen LogP contribution < -0.4 is 0 Å². The Morgan fingerprint density at radius 3 is 2.14 bits per heavy atom. The van der Waals surface area contributed by atoms with Crippen molar-refractivity contribution in [1.29, 1.82) is 0 Å². The molecule has 2 unspecified atom stereocenters. The summed E-state index contributed by atoms with van der Waals surface area (Å²) in [6.45, 7) is 0.842. The SMILES string of the molecule is COC1=CC(C(F)(F)F)=CN(CC(C)(O)C(F)(F)F)C1C. The molecule has 1 rings (SSSR count). The molecule has 1 N–H and O–H groups in total. The Morgan fingerprint density at radius 1 is 1.24 bits per heavy atom. The molecule has 3 nitrogen and oxygen atoms in total. The van der Waals surface area contributed by atoms with Crippen LogP contribution in [-0.4, -0.2) is 47.7 Å². The molecule has 122 valence electrons. The average molecular weight is 319 g/mol. The van der Waals surface area contributed by atoms with E-state index in [0.29, 0.717) is 13.1 Å². The second kappa shape index (κ2) is 5.43. The van der Waals surface area contributed by atoms with Gasteiger partial charge in [-0.15, -0.1) is 0 Å². The Labute approximate surface area is 117 Å². The third-order valence-electron chi connectivity index (χ3n) is 3.18. The molecule has 0 radical (unpaired) electrons. The minimum atomic E-state index is -4.96. The van der Waals surface area contributed by atoms with Gasteiger partial charge in [-0.25, -0.2) is 0 Å². The average Bonchev–Trinajstić information content (AvgIpc) is 2.28. The lowest BCUT2D eigenvalue weighted by Gasteiger charge is -2.38. The van der Waals surface area contributed by atoms with Crippen molar-refractivity contribution in [1.82, 2.24) is 4.90 Å². The first-order valence-electron chi connectivity index (χ1n) is 5.89. The van der Waals surface area contributed by atoms with Crippen molar-refractivity contribution in [3.8, 4) is 0 Å². The van der Waals surface area contributed by atoms with Crippen LogP contribution >= 0.6 is 0 Å². The van der Waals surface area contributed by atoms with Crippen LogP contribution in [0, 0.1) is 0 Å². The number of hydrogen-bond donors (Lipinski definition) is 1. The van der Waals surface area contributed by atoms with Gasteiger partial charge in [0.1, 0.15) is 5.76 Å². The molecule has 0 fully saturated rings. The van der Waals surface area contributed by atoms with Gasteiger partial charge in [0.25, 0.3) is 0 Å². The summed E-state index contributed by atoms with van der Waals surface area (Å²) in [4.78, 5) is 0.759. The molecule has 0 amide bonds. The Balaban J connectivity index is 3.12. The fourth-order valence-electron chi connectivity index (χ4n) is 1.78. The lowest BCUT2D eigenvalue weighted by atomic mass is 10.0. The van der Waals surface area contributed by atoms with Gasteiger partial charge < -0.3 is 14.7 Å². The van der Waals surface area contributed by atoms with E-state index in [1.54, 1.807) is 0 Å². The van der Waals surface area contributed by atoms with Gasteiger partial charge in [0.05, 0.1) is 25.3 Å². The van der Waals surface area contributed by atoms with Crippen LogP contribution in [0.25, 0.3) is 0 Å². The summed E-state index contributed by atoms with van der Waals surface area (Å²) >= 11 is 0. The molecule has 21 heavy (non-hydrogen) atoms. The molecule has 2 atom stereocenters. The Morgan fingerprint density at radius 2 is 1.76 bits per heavy atom. The molecular formula is C12H15F6NO2. The second-order valence-electron chi connectivity index (χ2n) is 4.95. The van der Waals surface area contributed by atoms with Crippen LogP contribution in [0.2, 0.25) is 0 Å². The lowest BCUT2D eigenvalue weighted by Crippen LogP contribution is -2.52. The summed E-state index contributed by atoms with van der Waals surface area (Å²) in [5.41, 5.74) is -4.29. The minimum absolute atomic E-state index is 0.136. The molecule has 1 aliphatic heterocycles. The van der Waals surface area contributed by atoms with Gasteiger partial charge in [0.15, 0.2) is 5.60 Å². The number of aliphatic hydroxyl groups is 1. The monoisotopic (exact) mass is 319 g/mol. The summed E-state index contributed by atoms with van der Waals surface area (Å²) in [6, 6.07) is -0.866. The summed E-state index contributed by atoms with van der Waals surface area (Å²) < 4.78 is 81.0. The molecule has 9 heteroatoms. The molecule has 0 saturated carbocycles. The molecule has 1 heterocycles. The van der Waals surface area contributed by atoms with Gasteiger partial charge in [-0.3, -0.25) is 0 Å². The van der Waals surface area contributed by atoms with Gasteiger partial charge in [0.2, 0.25) is 0 Å². The van der Waals surface area contributed by atoms with Gasteiger partial charge in [-0.05, 0) is 19.9 Å². The first kappa shape index (κ1) is 17.7. The van der Waals surface area contributed by atoms with Crippen LogP contribution in [-0.2, 0) is 4.74 Å². The zero-order valence-corrected chi connectivity index (χ0v) is 11.5. The Bertz CT molecular complexity index is 450. The van der Waals surface area contributed by atoms with Crippen molar-refractivity contribution >= 4 is 0 Å². The number of ether oxygens (including phenoxy) is 1. The second-order valence-corrected chi connectivity index (χ2v) is 4.95. The number of nitrogens with zero attached hydrogens (tertiary/aromatic N) is 1. The quantitative estimate of drug-likeness (QED) is 0.812. The van der Waals surface area contributed by atoms with E-state index < -0.39 is 36.1 Å². The molecule has 0 aliphatic carbocycles. The van der Waals surface area contributed by atoms with E-state index in [2.05, 4.69) is 0 Å². The molecule has 0 bridgehead atoms. The largest absolute Gasteiger partial charge is 0.499 e. The predicted octanol–water partition coefficient (Wildman–Crippen LogP) is 2.98. The lowest BCUT2D eigenvalue weighted by molar-refractivity contribution is -0.256. The predicted molar refractivity (Wildman–Crippen MR) is 62.1 cm³/mol. The number of rotatable bonds is 3. The number of methoxy groups -OCH3 is 1. The van der Waals surface area contributed by atoms with Crippen molar-refractivity contribution in [2.45, 2.75) is 37.8 Å². The molecule has 0 saturated heterocycles. The summed E-state index contributed by atoms with van der Waals surface area (Å²) in [5.74, 6) is -0.136. The maximum Gasteiger partial charge on any atom is 0.418 e. The highest BCUT2D eigenvalue weighted by Gasteiger charge is 2.51. The van der Waals surface area contributed by atoms with Crippen molar-refractivity contribution in [2.24, 2.45) is 0 Å². The fourth-order valence-corrected chi connectivity index (χ4v) is 1.78. The third kappa shape index (κ3) is 3.84. The molecule has 0 spiro atoms. The molecule has 0 aromatic rings. The van der Waals surface area contributed by atoms with Crippen molar-refractivity contribution < 1.29 is 36.2 Å². The third-order valence-corrected chi connectivity index (χ3v) is 3.18. The van der Waals surface area contributed by atoms with Gasteiger partial charge in [0, 0.05) is 6.20 Å². The summed E-state index contributed by atoms with van der Waals surface area (Å²) in [5, 5.41) is 9.43. The summed E-state index contributed by atoms with van der Waals surface area (Å²) in [7, 11) is 1.13. The normalized spacial score (nSPS) is 23.3. The van der Waals surface area contributed by atoms with Gasteiger partial charge in [-0.1, -0.05) is 0 Å². The zero-order chi connectivity index (χ0) is 16.6. The Hall–Kier alpha value is -1.38. The van der Waals surface area contributed by atoms with Crippen LogP contribution in [0.15, 0.2) is 23.6 Å². The minimum Gasteiger partial charge on any atom is -0.499 e. The summed E-state index contributed by atoms with van der Waals surface area (Å²) in [6.07, 6.45) is -8.42. The first-order chi connectivity index (χ1) is 9.29. The molecule has 0 aromatic carbocycles. The van der Waals surface area contributed by atoms with E-state index in [-0.39, 0.29) is 5.76 Å².